The highest BCUT2D eigenvalue weighted by Gasteiger charge is 2.16. The molecule has 0 unspecified atom stereocenters. The van der Waals surface area contributed by atoms with Crippen LogP contribution in [0.2, 0.25) is 0 Å². The molecule has 0 aliphatic carbocycles. The highest BCUT2D eigenvalue weighted by atomic mass is 32.2. The Kier molecular flexibility index (Phi) is 7.58. The van der Waals surface area contributed by atoms with Crippen molar-refractivity contribution in [1.82, 2.24) is 20.1 Å². The third kappa shape index (κ3) is 6.11. The Morgan fingerprint density at radius 1 is 0.909 bits per heavy atom. The SMILES string of the molecule is Cc1ccc(-n2c(CNC(=O)CCc3ccccc3)nnc2SCc2ccccc2C)cc1. The lowest BCUT2D eigenvalue weighted by molar-refractivity contribution is -0.121. The normalized spacial score (nSPS) is 10.8. The third-order valence-electron chi connectivity index (χ3n) is 5.54. The summed E-state index contributed by atoms with van der Waals surface area (Å²) in [5.74, 6) is 1.53. The number of nitrogens with zero attached hydrogens (tertiary/aromatic N) is 3. The zero-order chi connectivity index (χ0) is 23.0. The van der Waals surface area contributed by atoms with Gasteiger partial charge in [-0.15, -0.1) is 10.2 Å². The molecule has 0 saturated carbocycles. The average Bonchev–Trinajstić information content (AvgIpc) is 3.25. The van der Waals surface area contributed by atoms with Crippen LogP contribution in [0.25, 0.3) is 5.69 Å². The minimum Gasteiger partial charge on any atom is -0.349 e. The summed E-state index contributed by atoms with van der Waals surface area (Å²) in [6.45, 7) is 4.52. The van der Waals surface area contributed by atoms with E-state index < -0.39 is 0 Å². The molecular weight excluding hydrogens is 428 g/mol. The van der Waals surface area contributed by atoms with Crippen LogP contribution in [-0.4, -0.2) is 20.7 Å². The lowest BCUT2D eigenvalue weighted by Gasteiger charge is -2.12. The molecule has 3 aromatic carbocycles. The molecule has 1 N–H and O–H groups in total. The molecule has 5 nitrogen and oxygen atoms in total. The van der Waals surface area contributed by atoms with Crippen LogP contribution in [0.1, 0.15) is 34.5 Å². The van der Waals surface area contributed by atoms with E-state index in [0.717, 1.165) is 34.4 Å². The summed E-state index contributed by atoms with van der Waals surface area (Å²) in [7, 11) is 0. The Morgan fingerprint density at radius 3 is 2.39 bits per heavy atom. The molecule has 6 heteroatoms. The second kappa shape index (κ2) is 11.0. The van der Waals surface area contributed by atoms with Gasteiger partial charge in [-0.05, 0) is 49.1 Å². The number of thioether (sulfide) groups is 1. The standard InChI is InChI=1S/C27H28N4OS/c1-20-12-15-24(16-13-20)31-25(18-28-26(32)17-14-22-9-4-3-5-10-22)29-30-27(31)33-19-23-11-7-6-8-21(23)2/h3-13,15-16H,14,17-19H2,1-2H3,(H,28,32). The fourth-order valence-electron chi connectivity index (χ4n) is 3.54. The van der Waals surface area contributed by atoms with Gasteiger partial charge in [0.2, 0.25) is 5.91 Å². The van der Waals surface area contributed by atoms with E-state index in [0.29, 0.717) is 13.0 Å². The van der Waals surface area contributed by atoms with E-state index in [4.69, 9.17) is 0 Å². The predicted molar refractivity (Wildman–Crippen MR) is 133 cm³/mol. The quantitative estimate of drug-likeness (QED) is 0.341. The number of nitrogens with one attached hydrogen (secondary N) is 1. The van der Waals surface area contributed by atoms with Gasteiger partial charge in [0.1, 0.15) is 0 Å². The molecule has 0 spiro atoms. The number of hydrogen-bond acceptors (Lipinski definition) is 4. The molecule has 0 radical (unpaired) electrons. The molecule has 1 heterocycles. The second-order valence-corrected chi connectivity index (χ2v) is 8.99. The van der Waals surface area contributed by atoms with Crippen LogP contribution < -0.4 is 5.32 Å². The Bertz CT molecular complexity index is 1200. The fraction of sp³-hybridized carbons (Fsp3) is 0.222. The lowest BCUT2D eigenvalue weighted by atomic mass is 10.1. The zero-order valence-corrected chi connectivity index (χ0v) is 19.8. The molecule has 1 aromatic heterocycles. The van der Waals surface area contributed by atoms with Crippen LogP contribution in [0.4, 0.5) is 0 Å². The molecule has 0 aliphatic heterocycles. The Hall–Kier alpha value is -3.38. The molecule has 4 aromatic rings. The molecule has 1 amide bonds. The largest absolute Gasteiger partial charge is 0.349 e. The second-order valence-electron chi connectivity index (χ2n) is 8.05. The van der Waals surface area contributed by atoms with Gasteiger partial charge in [-0.3, -0.25) is 9.36 Å². The molecule has 0 fully saturated rings. The summed E-state index contributed by atoms with van der Waals surface area (Å²) >= 11 is 1.65. The first-order chi connectivity index (χ1) is 16.1. The van der Waals surface area contributed by atoms with Crippen molar-refractivity contribution in [2.24, 2.45) is 0 Å². The van der Waals surface area contributed by atoms with Crippen molar-refractivity contribution < 1.29 is 4.79 Å². The van der Waals surface area contributed by atoms with Crippen LogP contribution in [-0.2, 0) is 23.5 Å². The number of carbonyl (C=O) groups is 1. The topological polar surface area (TPSA) is 59.8 Å². The van der Waals surface area contributed by atoms with Gasteiger partial charge in [0.15, 0.2) is 11.0 Å². The van der Waals surface area contributed by atoms with Gasteiger partial charge in [-0.25, -0.2) is 0 Å². The van der Waals surface area contributed by atoms with Crippen molar-refractivity contribution in [2.45, 2.75) is 44.1 Å². The maximum absolute atomic E-state index is 12.5. The number of amides is 1. The smallest absolute Gasteiger partial charge is 0.220 e. The molecule has 168 valence electrons. The van der Waals surface area contributed by atoms with Crippen molar-refractivity contribution in [3.8, 4) is 5.69 Å². The van der Waals surface area contributed by atoms with Crippen LogP contribution >= 0.6 is 11.8 Å². The Balaban J connectivity index is 1.48. The first kappa shape index (κ1) is 22.8. The van der Waals surface area contributed by atoms with Gasteiger partial charge in [-0.1, -0.05) is 84.1 Å². The Morgan fingerprint density at radius 2 is 1.64 bits per heavy atom. The van der Waals surface area contributed by atoms with E-state index in [1.54, 1.807) is 11.8 Å². The first-order valence-corrected chi connectivity index (χ1v) is 12.1. The van der Waals surface area contributed by atoms with Crippen molar-refractivity contribution in [2.75, 3.05) is 0 Å². The highest BCUT2D eigenvalue weighted by Crippen LogP contribution is 2.26. The van der Waals surface area contributed by atoms with Crippen LogP contribution in [0, 0.1) is 13.8 Å². The van der Waals surface area contributed by atoms with Crippen molar-refractivity contribution in [3.63, 3.8) is 0 Å². The van der Waals surface area contributed by atoms with Gasteiger partial charge in [0, 0.05) is 17.9 Å². The van der Waals surface area contributed by atoms with Gasteiger partial charge in [-0.2, -0.15) is 0 Å². The van der Waals surface area contributed by atoms with E-state index >= 15 is 0 Å². The summed E-state index contributed by atoms with van der Waals surface area (Å²) in [5, 5.41) is 12.7. The molecule has 33 heavy (non-hydrogen) atoms. The first-order valence-electron chi connectivity index (χ1n) is 11.1. The van der Waals surface area contributed by atoms with Gasteiger partial charge in [0.25, 0.3) is 0 Å². The number of hydrogen-bond donors (Lipinski definition) is 1. The van der Waals surface area contributed by atoms with Crippen LogP contribution in [0.3, 0.4) is 0 Å². The molecule has 0 saturated heterocycles. The summed E-state index contributed by atoms with van der Waals surface area (Å²) in [6, 6.07) is 26.7. The minimum atomic E-state index is 0.00595. The number of aromatic nitrogens is 3. The number of benzene rings is 3. The van der Waals surface area contributed by atoms with E-state index in [1.165, 1.54) is 16.7 Å². The molecular formula is C27H28N4OS. The van der Waals surface area contributed by atoms with Crippen LogP contribution in [0.15, 0.2) is 84.0 Å². The molecule has 0 bridgehead atoms. The number of rotatable bonds is 9. The summed E-state index contributed by atoms with van der Waals surface area (Å²) < 4.78 is 2.04. The Labute approximate surface area is 199 Å². The number of carbonyl (C=O) groups excluding carboxylic acids is 1. The zero-order valence-electron chi connectivity index (χ0n) is 19.0. The van der Waals surface area contributed by atoms with Gasteiger partial charge >= 0.3 is 0 Å². The van der Waals surface area contributed by atoms with E-state index in [9.17, 15) is 4.79 Å². The van der Waals surface area contributed by atoms with E-state index in [1.807, 2.05) is 34.9 Å². The maximum atomic E-state index is 12.5. The van der Waals surface area contributed by atoms with Crippen molar-refractivity contribution in [3.05, 3.63) is 107 Å². The van der Waals surface area contributed by atoms with Crippen molar-refractivity contribution >= 4 is 17.7 Å². The monoisotopic (exact) mass is 456 g/mol. The predicted octanol–water partition coefficient (Wildman–Crippen LogP) is 5.43. The summed E-state index contributed by atoms with van der Waals surface area (Å²) in [6.07, 6.45) is 1.16. The molecule has 0 atom stereocenters. The number of aryl methyl sites for hydroxylation is 3. The summed E-state index contributed by atoms with van der Waals surface area (Å²) in [5.41, 5.74) is 5.88. The van der Waals surface area contributed by atoms with Crippen LogP contribution in [0.5, 0.6) is 0 Å². The lowest BCUT2D eigenvalue weighted by Crippen LogP contribution is -2.24. The summed E-state index contributed by atoms with van der Waals surface area (Å²) in [4.78, 5) is 12.5. The van der Waals surface area contributed by atoms with E-state index in [2.05, 4.69) is 77.9 Å². The van der Waals surface area contributed by atoms with Gasteiger partial charge in [0.05, 0.1) is 6.54 Å². The molecule has 0 aliphatic rings. The minimum absolute atomic E-state index is 0.00595. The molecule has 4 rings (SSSR count). The average molecular weight is 457 g/mol. The van der Waals surface area contributed by atoms with E-state index in [-0.39, 0.29) is 5.91 Å². The highest BCUT2D eigenvalue weighted by molar-refractivity contribution is 7.98. The fourth-order valence-corrected chi connectivity index (χ4v) is 4.59. The maximum Gasteiger partial charge on any atom is 0.220 e. The third-order valence-corrected chi connectivity index (χ3v) is 6.52. The van der Waals surface area contributed by atoms with Crippen molar-refractivity contribution in [1.29, 1.82) is 0 Å². The van der Waals surface area contributed by atoms with Gasteiger partial charge < -0.3 is 5.32 Å².